The van der Waals surface area contributed by atoms with Crippen molar-refractivity contribution < 1.29 is 4.79 Å². The minimum Gasteiger partial charge on any atom is -0.350 e. The molecule has 1 amide bonds. The van der Waals surface area contributed by atoms with Crippen LogP contribution in [0.15, 0.2) is 30.7 Å². The molecule has 0 atom stereocenters. The summed E-state index contributed by atoms with van der Waals surface area (Å²) in [5, 5.41) is 2.95. The summed E-state index contributed by atoms with van der Waals surface area (Å²) >= 11 is 0. The lowest BCUT2D eigenvalue weighted by Gasteiger charge is -2.28. The highest BCUT2D eigenvalue weighted by molar-refractivity contribution is 5.92. The van der Waals surface area contributed by atoms with Crippen LogP contribution in [0.2, 0.25) is 0 Å². The van der Waals surface area contributed by atoms with Crippen molar-refractivity contribution in [2.24, 2.45) is 0 Å². The zero-order valence-corrected chi connectivity index (χ0v) is 10.8. The Kier molecular flexibility index (Phi) is 3.35. The van der Waals surface area contributed by atoms with Crippen LogP contribution < -0.4 is 5.32 Å². The maximum absolute atomic E-state index is 12.1. The van der Waals surface area contributed by atoms with Crippen molar-refractivity contribution in [3.05, 3.63) is 42.2 Å². The number of carbonyl (C=O) groups excluding carboxylic acids is 1. The van der Waals surface area contributed by atoms with Crippen molar-refractivity contribution >= 4 is 5.91 Å². The lowest BCUT2D eigenvalue weighted by molar-refractivity contribution is 0.0939. The van der Waals surface area contributed by atoms with Gasteiger partial charge in [-0.05, 0) is 31.4 Å². The third-order valence-electron chi connectivity index (χ3n) is 3.68. The highest BCUT2D eigenvalue weighted by Gasteiger charge is 2.22. The van der Waals surface area contributed by atoms with Crippen molar-refractivity contribution in [1.82, 2.24) is 19.9 Å². The fourth-order valence-corrected chi connectivity index (χ4v) is 2.39. The quantitative estimate of drug-likeness (QED) is 0.860. The monoisotopic (exact) mass is 258 g/mol. The first kappa shape index (κ1) is 12.0. The fourth-order valence-electron chi connectivity index (χ4n) is 2.39. The van der Waals surface area contributed by atoms with E-state index in [1.54, 1.807) is 12.4 Å². The second-order valence-corrected chi connectivity index (χ2v) is 4.93. The molecule has 0 radical (unpaired) electrons. The molecule has 0 aliphatic heterocycles. The van der Waals surface area contributed by atoms with E-state index in [1.165, 1.54) is 19.3 Å². The number of rotatable bonds is 5. The number of amides is 1. The van der Waals surface area contributed by atoms with E-state index >= 15 is 0 Å². The van der Waals surface area contributed by atoms with Gasteiger partial charge in [0, 0.05) is 37.6 Å². The van der Waals surface area contributed by atoms with Gasteiger partial charge in [-0.25, -0.2) is 4.98 Å². The van der Waals surface area contributed by atoms with Crippen molar-refractivity contribution in [3.8, 4) is 0 Å². The molecule has 2 N–H and O–H groups in total. The van der Waals surface area contributed by atoms with Crippen molar-refractivity contribution in [2.75, 3.05) is 6.54 Å². The van der Waals surface area contributed by atoms with Gasteiger partial charge in [-0.15, -0.1) is 0 Å². The second kappa shape index (κ2) is 5.30. The van der Waals surface area contributed by atoms with Crippen LogP contribution in [0.25, 0.3) is 0 Å². The van der Waals surface area contributed by atoms with E-state index in [4.69, 9.17) is 0 Å². The molecule has 19 heavy (non-hydrogen) atoms. The fraction of sp³-hybridized carbons (Fsp3) is 0.429. The van der Waals surface area contributed by atoms with E-state index < -0.39 is 0 Å². The number of aromatic amines is 1. The molecule has 2 aromatic heterocycles. The van der Waals surface area contributed by atoms with Gasteiger partial charge >= 0.3 is 0 Å². The molecule has 5 nitrogen and oxygen atoms in total. The minimum absolute atomic E-state index is 0.00320. The van der Waals surface area contributed by atoms with E-state index in [9.17, 15) is 4.79 Å². The Bertz CT molecular complexity index is 540. The Morgan fingerprint density at radius 3 is 3.11 bits per heavy atom. The topological polar surface area (TPSA) is 62.7 Å². The lowest BCUT2D eigenvalue weighted by atomic mass is 9.93. The highest BCUT2D eigenvalue weighted by Crippen LogP contribution is 2.32. The van der Waals surface area contributed by atoms with Crippen LogP contribution in [-0.4, -0.2) is 27.0 Å². The van der Waals surface area contributed by atoms with E-state index in [1.807, 2.05) is 18.3 Å². The first-order chi connectivity index (χ1) is 9.34. The van der Waals surface area contributed by atoms with Crippen LogP contribution in [0.3, 0.4) is 0 Å². The maximum Gasteiger partial charge on any atom is 0.267 e. The predicted octanol–water partition coefficient (Wildman–Crippen LogP) is 1.91. The number of imidazole rings is 1. The summed E-state index contributed by atoms with van der Waals surface area (Å²) in [6, 6.07) is 4.35. The number of hydrogen-bond donors (Lipinski definition) is 2. The van der Waals surface area contributed by atoms with Crippen molar-refractivity contribution in [1.29, 1.82) is 0 Å². The highest BCUT2D eigenvalue weighted by atomic mass is 16.1. The zero-order chi connectivity index (χ0) is 13.1. The number of aromatic nitrogens is 3. The zero-order valence-electron chi connectivity index (χ0n) is 10.8. The Labute approximate surface area is 112 Å². The molecular formula is C14H18N4O. The molecule has 2 heterocycles. The van der Waals surface area contributed by atoms with Crippen LogP contribution in [-0.2, 0) is 6.42 Å². The number of H-pyrrole nitrogens is 1. The smallest absolute Gasteiger partial charge is 0.267 e. The average molecular weight is 258 g/mol. The molecule has 1 aliphatic rings. The maximum atomic E-state index is 12.1. The average Bonchev–Trinajstić information content (AvgIpc) is 2.97. The third kappa shape index (κ3) is 2.54. The van der Waals surface area contributed by atoms with E-state index in [2.05, 4.69) is 19.9 Å². The summed E-state index contributed by atoms with van der Waals surface area (Å²) < 4.78 is 2.10. The Hall–Kier alpha value is -2.04. The normalized spacial score (nSPS) is 15.2. The molecule has 100 valence electrons. The van der Waals surface area contributed by atoms with Gasteiger partial charge in [-0.1, -0.05) is 0 Å². The lowest BCUT2D eigenvalue weighted by Crippen LogP contribution is -2.30. The molecule has 1 aliphatic carbocycles. The van der Waals surface area contributed by atoms with Crippen LogP contribution in [0.1, 0.15) is 41.6 Å². The van der Waals surface area contributed by atoms with Crippen molar-refractivity contribution in [3.63, 3.8) is 0 Å². The molecular weight excluding hydrogens is 240 g/mol. The SMILES string of the molecule is O=C(NCCc1ncc[nH]1)c1cccn1C1CCC1. The molecule has 1 saturated carbocycles. The molecule has 2 aromatic rings. The standard InChI is InChI=1S/C14H18N4O/c19-14(17-7-6-13-15-8-9-16-13)12-5-2-10-18(12)11-3-1-4-11/h2,5,8-11H,1,3-4,6-7H2,(H,15,16)(H,17,19). The van der Waals surface area contributed by atoms with Crippen LogP contribution in [0, 0.1) is 0 Å². The van der Waals surface area contributed by atoms with Gasteiger partial charge in [-0.2, -0.15) is 0 Å². The first-order valence-corrected chi connectivity index (χ1v) is 6.78. The predicted molar refractivity (Wildman–Crippen MR) is 71.9 cm³/mol. The van der Waals surface area contributed by atoms with Crippen LogP contribution in [0.4, 0.5) is 0 Å². The van der Waals surface area contributed by atoms with Gasteiger partial charge < -0.3 is 14.9 Å². The summed E-state index contributed by atoms with van der Waals surface area (Å²) in [6.07, 6.45) is 9.87. The summed E-state index contributed by atoms with van der Waals surface area (Å²) in [5.74, 6) is 0.901. The van der Waals surface area contributed by atoms with Gasteiger partial charge in [0.25, 0.3) is 5.91 Å². The summed E-state index contributed by atoms with van der Waals surface area (Å²) in [7, 11) is 0. The number of hydrogen-bond acceptors (Lipinski definition) is 2. The van der Waals surface area contributed by atoms with E-state index in [0.717, 1.165) is 17.9 Å². The van der Waals surface area contributed by atoms with Crippen LogP contribution >= 0.6 is 0 Å². The number of nitrogens with zero attached hydrogens (tertiary/aromatic N) is 2. The Morgan fingerprint density at radius 1 is 1.53 bits per heavy atom. The third-order valence-corrected chi connectivity index (χ3v) is 3.68. The molecule has 0 unspecified atom stereocenters. The molecule has 0 bridgehead atoms. The van der Waals surface area contributed by atoms with Crippen molar-refractivity contribution in [2.45, 2.75) is 31.7 Å². The van der Waals surface area contributed by atoms with Gasteiger partial charge in [0.05, 0.1) is 0 Å². The largest absolute Gasteiger partial charge is 0.350 e. The van der Waals surface area contributed by atoms with Crippen LogP contribution in [0.5, 0.6) is 0 Å². The molecule has 0 aromatic carbocycles. The summed E-state index contributed by atoms with van der Waals surface area (Å²) in [6.45, 7) is 0.599. The molecule has 0 spiro atoms. The van der Waals surface area contributed by atoms with Gasteiger partial charge in [0.2, 0.25) is 0 Å². The first-order valence-electron chi connectivity index (χ1n) is 6.78. The Balaban J connectivity index is 1.56. The molecule has 3 rings (SSSR count). The summed E-state index contributed by atoms with van der Waals surface area (Å²) in [4.78, 5) is 19.3. The van der Waals surface area contributed by atoms with Gasteiger partial charge in [0.1, 0.15) is 11.5 Å². The summed E-state index contributed by atoms with van der Waals surface area (Å²) in [5.41, 5.74) is 0.768. The van der Waals surface area contributed by atoms with Gasteiger partial charge in [-0.3, -0.25) is 4.79 Å². The second-order valence-electron chi connectivity index (χ2n) is 4.93. The minimum atomic E-state index is 0.00320. The number of carbonyl (C=O) groups is 1. The molecule has 1 fully saturated rings. The van der Waals surface area contributed by atoms with Gasteiger partial charge in [0.15, 0.2) is 0 Å². The molecule has 0 saturated heterocycles. The van der Waals surface area contributed by atoms with E-state index in [-0.39, 0.29) is 5.91 Å². The molecule has 5 heteroatoms. The van der Waals surface area contributed by atoms with E-state index in [0.29, 0.717) is 12.6 Å². The number of nitrogens with one attached hydrogen (secondary N) is 2. The Morgan fingerprint density at radius 2 is 2.42 bits per heavy atom.